The van der Waals surface area contributed by atoms with Crippen LogP contribution in [0.3, 0.4) is 0 Å². The summed E-state index contributed by atoms with van der Waals surface area (Å²) in [5.41, 5.74) is 12.8. The largest absolute Gasteiger partial charge is 0.311 e. The first-order valence-corrected chi connectivity index (χ1v) is 11.8. The summed E-state index contributed by atoms with van der Waals surface area (Å²) in [5, 5.41) is 0. The van der Waals surface area contributed by atoms with Gasteiger partial charge in [-0.3, -0.25) is 0 Å². The lowest BCUT2D eigenvalue weighted by Gasteiger charge is -2.44. The Morgan fingerprint density at radius 2 is 0.941 bits per heavy atom. The van der Waals surface area contributed by atoms with Gasteiger partial charge in [-0.25, -0.2) is 0 Å². The first-order valence-electron chi connectivity index (χ1n) is 11.8. The molecule has 0 aliphatic carbocycles. The van der Waals surface area contributed by atoms with Gasteiger partial charge in [0, 0.05) is 34.1 Å². The fraction of sp³-hybridized carbons (Fsp3) is 0.0323. The Morgan fingerprint density at radius 3 is 1.62 bits per heavy atom. The highest BCUT2D eigenvalue weighted by Gasteiger charge is 2.42. The maximum absolute atomic E-state index is 2.46. The lowest BCUT2D eigenvalue weighted by Crippen LogP contribution is -2.61. The number of rotatable bonds is 2. The van der Waals surface area contributed by atoms with Gasteiger partial charge in [0.15, 0.2) is 0 Å². The maximum atomic E-state index is 2.46. The second-order valence-corrected chi connectivity index (χ2v) is 9.05. The predicted octanol–water partition coefficient (Wildman–Crippen LogP) is 6.08. The summed E-state index contributed by atoms with van der Waals surface area (Å²) in [4.78, 5) is 4.88. The predicted molar refractivity (Wildman–Crippen MR) is 145 cm³/mol. The summed E-state index contributed by atoms with van der Waals surface area (Å²) in [6.07, 6.45) is 0. The third-order valence-corrected chi connectivity index (χ3v) is 7.18. The summed E-state index contributed by atoms with van der Waals surface area (Å²) in [5.74, 6) is 0. The highest BCUT2D eigenvalue weighted by atomic mass is 15.2. The summed E-state index contributed by atoms with van der Waals surface area (Å²) >= 11 is 0. The van der Waals surface area contributed by atoms with Crippen molar-refractivity contribution in [2.75, 3.05) is 9.80 Å². The zero-order chi connectivity index (χ0) is 22.6. The minimum atomic E-state index is 0.193. The Labute approximate surface area is 200 Å². The van der Waals surface area contributed by atoms with Gasteiger partial charge in [-0.2, -0.15) is 0 Å². The van der Waals surface area contributed by atoms with Crippen LogP contribution in [0.4, 0.5) is 34.1 Å². The first kappa shape index (κ1) is 19.3. The van der Waals surface area contributed by atoms with E-state index in [9.17, 15) is 0 Å². The molecule has 0 spiro atoms. The van der Waals surface area contributed by atoms with Gasteiger partial charge in [0.1, 0.15) is 0 Å². The van der Waals surface area contributed by atoms with Crippen molar-refractivity contribution in [1.29, 1.82) is 0 Å². The quantitative estimate of drug-likeness (QED) is 0.305. The zero-order valence-electron chi connectivity index (χ0n) is 19.0. The molecule has 2 nitrogen and oxygen atoms in total. The van der Waals surface area contributed by atoms with Gasteiger partial charge in [-0.1, -0.05) is 78.9 Å². The molecule has 3 heteroatoms. The molecule has 160 valence electrons. The fourth-order valence-electron chi connectivity index (χ4n) is 5.76. The van der Waals surface area contributed by atoms with Crippen LogP contribution in [-0.4, -0.2) is 6.71 Å². The molecule has 0 saturated heterocycles. The molecular formula is C31H23BN2. The Balaban J connectivity index is 1.59. The highest BCUT2D eigenvalue weighted by Crippen LogP contribution is 2.43. The number of anilines is 6. The highest BCUT2D eigenvalue weighted by molar-refractivity contribution is 7.00. The first-order chi connectivity index (χ1) is 16.8. The van der Waals surface area contributed by atoms with Gasteiger partial charge in [-0.05, 0) is 71.3 Å². The van der Waals surface area contributed by atoms with Crippen molar-refractivity contribution < 1.29 is 0 Å². The molecule has 5 aromatic rings. The van der Waals surface area contributed by atoms with E-state index >= 15 is 0 Å². The molecular weight excluding hydrogens is 411 g/mol. The van der Waals surface area contributed by atoms with Gasteiger partial charge >= 0.3 is 0 Å². The molecule has 0 atom stereocenters. The van der Waals surface area contributed by atoms with E-state index < -0.39 is 0 Å². The van der Waals surface area contributed by atoms with Crippen molar-refractivity contribution in [3.05, 3.63) is 127 Å². The van der Waals surface area contributed by atoms with Gasteiger partial charge in [-0.15, -0.1) is 0 Å². The Hall–Kier alpha value is -4.24. The van der Waals surface area contributed by atoms with Crippen molar-refractivity contribution in [2.45, 2.75) is 6.92 Å². The molecule has 34 heavy (non-hydrogen) atoms. The number of fused-ring (bicyclic) bond motifs is 4. The molecule has 2 aliphatic rings. The third kappa shape index (κ3) is 2.64. The zero-order valence-corrected chi connectivity index (χ0v) is 19.0. The van der Waals surface area contributed by atoms with E-state index in [4.69, 9.17) is 0 Å². The van der Waals surface area contributed by atoms with E-state index in [2.05, 4.69) is 138 Å². The molecule has 0 fully saturated rings. The normalized spacial score (nSPS) is 13.3. The SMILES string of the molecule is Cc1ccccc1N1c2ccccc2B2c3ccccc3N(c3ccccc3)c3cccc1c32. The smallest absolute Gasteiger partial charge is 0.252 e. The van der Waals surface area contributed by atoms with Crippen LogP contribution in [0.15, 0.2) is 121 Å². The van der Waals surface area contributed by atoms with E-state index in [1.807, 2.05) is 0 Å². The minimum absolute atomic E-state index is 0.193. The second kappa shape index (κ2) is 7.39. The lowest BCUT2D eigenvalue weighted by molar-refractivity contribution is 1.24. The molecule has 0 amide bonds. The van der Waals surface area contributed by atoms with Crippen LogP contribution in [0.2, 0.25) is 0 Å². The Kier molecular flexibility index (Phi) is 4.19. The van der Waals surface area contributed by atoms with E-state index in [0.717, 1.165) is 0 Å². The lowest BCUT2D eigenvalue weighted by atomic mass is 9.33. The maximum Gasteiger partial charge on any atom is 0.252 e. The van der Waals surface area contributed by atoms with Crippen LogP contribution in [0.5, 0.6) is 0 Å². The molecule has 7 rings (SSSR count). The van der Waals surface area contributed by atoms with Crippen LogP contribution < -0.4 is 26.2 Å². The third-order valence-electron chi connectivity index (χ3n) is 7.18. The van der Waals surface area contributed by atoms with Gasteiger partial charge in [0.05, 0.1) is 0 Å². The summed E-state index contributed by atoms with van der Waals surface area (Å²) in [6, 6.07) is 44.0. The van der Waals surface area contributed by atoms with Crippen molar-refractivity contribution in [3.63, 3.8) is 0 Å². The van der Waals surface area contributed by atoms with Crippen LogP contribution in [-0.2, 0) is 0 Å². The second-order valence-electron chi connectivity index (χ2n) is 9.05. The number of hydrogen-bond acceptors (Lipinski definition) is 2. The molecule has 0 N–H and O–H groups in total. The van der Waals surface area contributed by atoms with Crippen molar-refractivity contribution >= 4 is 57.2 Å². The molecule has 0 radical (unpaired) electrons. The standard InChI is InChI=1S/C31H23BN2/c1-22-12-5-8-17-26(22)34-28-19-10-7-16-25(28)32-24-15-6-9-18-27(24)33(23-13-3-2-4-14-23)29-20-11-21-30(34)31(29)32/h2-21H,1H3. The molecule has 0 aromatic heterocycles. The Morgan fingerprint density at radius 1 is 0.441 bits per heavy atom. The van der Waals surface area contributed by atoms with Crippen molar-refractivity contribution in [1.82, 2.24) is 0 Å². The number of nitrogens with zero attached hydrogens (tertiary/aromatic N) is 2. The molecule has 0 bridgehead atoms. The molecule has 2 heterocycles. The number of benzene rings is 5. The van der Waals surface area contributed by atoms with E-state index in [0.29, 0.717) is 0 Å². The van der Waals surface area contributed by atoms with Crippen LogP contribution in [0.25, 0.3) is 0 Å². The van der Waals surface area contributed by atoms with E-state index in [1.165, 1.54) is 56.1 Å². The van der Waals surface area contributed by atoms with E-state index in [-0.39, 0.29) is 6.71 Å². The van der Waals surface area contributed by atoms with Crippen LogP contribution >= 0.6 is 0 Å². The molecule has 0 unspecified atom stereocenters. The van der Waals surface area contributed by atoms with E-state index in [1.54, 1.807) is 0 Å². The summed E-state index contributed by atoms with van der Waals surface area (Å²) in [6.45, 7) is 2.39. The molecule has 2 aliphatic heterocycles. The average Bonchev–Trinajstić information content (AvgIpc) is 2.90. The molecule has 0 saturated carbocycles. The van der Waals surface area contributed by atoms with Crippen LogP contribution in [0.1, 0.15) is 5.56 Å². The monoisotopic (exact) mass is 434 g/mol. The summed E-state index contributed by atoms with van der Waals surface area (Å²) in [7, 11) is 0. The Bertz CT molecular complexity index is 1540. The van der Waals surface area contributed by atoms with Crippen molar-refractivity contribution in [2.24, 2.45) is 0 Å². The van der Waals surface area contributed by atoms with Gasteiger partial charge < -0.3 is 9.80 Å². The summed E-state index contributed by atoms with van der Waals surface area (Å²) < 4.78 is 0. The topological polar surface area (TPSA) is 6.48 Å². The average molecular weight is 434 g/mol. The van der Waals surface area contributed by atoms with Crippen molar-refractivity contribution in [3.8, 4) is 0 Å². The van der Waals surface area contributed by atoms with Gasteiger partial charge in [0.25, 0.3) is 6.71 Å². The van der Waals surface area contributed by atoms with Gasteiger partial charge in [0.2, 0.25) is 0 Å². The van der Waals surface area contributed by atoms with Crippen LogP contribution in [0, 0.1) is 6.92 Å². The number of para-hydroxylation sites is 4. The molecule has 5 aromatic carbocycles. The minimum Gasteiger partial charge on any atom is -0.311 e. The fourth-order valence-corrected chi connectivity index (χ4v) is 5.76. The number of hydrogen-bond donors (Lipinski definition) is 0. The number of aryl methyl sites for hydroxylation is 1.